The largest absolute Gasteiger partial charge is 0.495 e. The van der Waals surface area contributed by atoms with Gasteiger partial charge in [0.05, 0.1) is 30.6 Å². The van der Waals surface area contributed by atoms with E-state index in [0.717, 1.165) is 28.3 Å². The number of rotatable bonds is 8. The van der Waals surface area contributed by atoms with Crippen LogP contribution in [0.15, 0.2) is 72.9 Å². The number of ether oxygens (including phenoxy) is 1. The Morgan fingerprint density at radius 1 is 1.02 bits per heavy atom. The molecule has 2 atom stereocenters. The van der Waals surface area contributed by atoms with Gasteiger partial charge in [0.15, 0.2) is 5.11 Å². The van der Waals surface area contributed by atoms with E-state index in [1.54, 1.807) is 13.3 Å². The van der Waals surface area contributed by atoms with Gasteiger partial charge < -0.3 is 24.8 Å². The summed E-state index contributed by atoms with van der Waals surface area (Å²) in [5.74, 6) is 0.522. The maximum Gasteiger partial charge on any atom is 0.226 e. The summed E-state index contributed by atoms with van der Waals surface area (Å²) in [4.78, 5) is 19.8. The minimum atomic E-state index is -0.154. The third kappa shape index (κ3) is 5.45. The van der Waals surface area contributed by atoms with Gasteiger partial charge in [-0.3, -0.25) is 9.78 Å². The van der Waals surface area contributed by atoms with Crippen LogP contribution in [0.5, 0.6) is 5.75 Å². The molecule has 4 aromatic rings. The number of methoxy groups -OCH3 is 1. The summed E-state index contributed by atoms with van der Waals surface area (Å²) in [6.07, 6.45) is 2.07. The van der Waals surface area contributed by atoms with Crippen LogP contribution in [0.1, 0.15) is 52.3 Å². The Balaban J connectivity index is 1.48. The number of carbonyl (C=O) groups is 1. The molecule has 0 saturated carbocycles. The van der Waals surface area contributed by atoms with Crippen LogP contribution >= 0.6 is 12.2 Å². The lowest BCUT2D eigenvalue weighted by atomic mass is 9.96. The highest BCUT2D eigenvalue weighted by Crippen LogP contribution is 2.41. The van der Waals surface area contributed by atoms with Gasteiger partial charge in [0.2, 0.25) is 5.91 Å². The van der Waals surface area contributed by atoms with E-state index in [4.69, 9.17) is 17.0 Å². The first kappa shape index (κ1) is 27.4. The number of benzene rings is 2. The number of nitrogens with one attached hydrogen (secondary N) is 2. The summed E-state index contributed by atoms with van der Waals surface area (Å²) in [5.41, 5.74) is 8.59. The molecule has 0 unspecified atom stereocenters. The van der Waals surface area contributed by atoms with Crippen molar-refractivity contribution in [1.29, 1.82) is 0 Å². The van der Waals surface area contributed by atoms with E-state index in [1.807, 2.05) is 42.5 Å². The first-order valence-electron chi connectivity index (χ1n) is 13.4. The van der Waals surface area contributed by atoms with Gasteiger partial charge in [-0.05, 0) is 99.1 Å². The topological polar surface area (TPSA) is 71.4 Å². The average molecular weight is 554 g/mol. The SMILES string of the molecule is COc1ccccc1NC(=O)CCN1C(=S)N[C@H](c2ccccn2)[C@H]1c1cc(C)n(-c2cc(C)cc(C)c2)c1C. The van der Waals surface area contributed by atoms with Crippen molar-refractivity contribution < 1.29 is 9.53 Å². The molecular formula is C32H35N5O2S. The molecule has 0 bridgehead atoms. The van der Waals surface area contributed by atoms with Crippen LogP contribution < -0.4 is 15.4 Å². The highest BCUT2D eigenvalue weighted by Gasteiger charge is 2.41. The Bertz CT molecular complexity index is 1530. The molecule has 1 aliphatic heterocycles. The fourth-order valence-electron chi connectivity index (χ4n) is 5.73. The molecule has 1 aliphatic rings. The number of amides is 1. The van der Waals surface area contributed by atoms with Crippen LogP contribution in [-0.4, -0.2) is 39.1 Å². The predicted octanol–water partition coefficient (Wildman–Crippen LogP) is 6.12. The van der Waals surface area contributed by atoms with Gasteiger partial charge in [-0.15, -0.1) is 0 Å². The highest BCUT2D eigenvalue weighted by atomic mass is 32.1. The lowest BCUT2D eigenvalue weighted by molar-refractivity contribution is -0.116. The second kappa shape index (κ2) is 11.5. The molecule has 1 fully saturated rings. The van der Waals surface area contributed by atoms with Crippen molar-refractivity contribution >= 4 is 28.9 Å². The standard InChI is InChI=1S/C32H35N5O2S/c1-20-16-21(2)18-24(17-20)37-22(3)19-25(23(37)4)31-30(27-11-8-9-14-33-27)35-32(40)36(31)15-13-29(38)34-26-10-6-7-12-28(26)39-5/h6-12,14,16-19,30-31H,13,15H2,1-5H3,(H,34,38)(H,35,40)/t30-,31-/m1/s1. The summed E-state index contributed by atoms with van der Waals surface area (Å²) in [7, 11) is 1.59. The smallest absolute Gasteiger partial charge is 0.226 e. The van der Waals surface area contributed by atoms with E-state index >= 15 is 0 Å². The van der Waals surface area contributed by atoms with E-state index in [9.17, 15) is 4.79 Å². The molecule has 2 aromatic carbocycles. The number of anilines is 1. The van der Waals surface area contributed by atoms with Crippen LogP contribution in [0.25, 0.3) is 5.69 Å². The van der Waals surface area contributed by atoms with Gasteiger partial charge in [-0.1, -0.05) is 24.3 Å². The normalized spacial score (nSPS) is 16.6. The number of thiocarbonyl (C=S) groups is 1. The zero-order valence-electron chi connectivity index (χ0n) is 23.6. The Hall–Kier alpha value is -4.17. The number of aryl methyl sites for hydroxylation is 3. The van der Waals surface area contributed by atoms with Gasteiger partial charge in [0.1, 0.15) is 5.75 Å². The summed E-state index contributed by atoms with van der Waals surface area (Å²) >= 11 is 5.85. The fraction of sp³-hybridized carbons (Fsp3) is 0.281. The lowest BCUT2D eigenvalue weighted by Crippen LogP contribution is -2.33. The molecule has 8 heteroatoms. The molecule has 2 aromatic heterocycles. The molecular weight excluding hydrogens is 518 g/mol. The number of pyridine rings is 1. The number of nitrogens with zero attached hydrogens (tertiary/aromatic N) is 3. The van der Waals surface area contributed by atoms with Crippen LogP contribution in [0.3, 0.4) is 0 Å². The molecule has 0 spiro atoms. The van der Waals surface area contributed by atoms with Crippen molar-refractivity contribution in [1.82, 2.24) is 19.8 Å². The Labute approximate surface area is 241 Å². The van der Waals surface area contributed by atoms with Gasteiger partial charge in [-0.25, -0.2) is 0 Å². The van der Waals surface area contributed by atoms with Crippen LogP contribution in [-0.2, 0) is 4.79 Å². The highest BCUT2D eigenvalue weighted by molar-refractivity contribution is 7.80. The molecule has 3 heterocycles. The van der Waals surface area contributed by atoms with Gasteiger partial charge in [-0.2, -0.15) is 0 Å². The monoisotopic (exact) mass is 553 g/mol. The van der Waals surface area contributed by atoms with Crippen molar-refractivity contribution in [3.63, 3.8) is 0 Å². The molecule has 7 nitrogen and oxygen atoms in total. The second-order valence-electron chi connectivity index (χ2n) is 10.3. The van der Waals surface area contributed by atoms with E-state index < -0.39 is 0 Å². The molecule has 0 aliphatic carbocycles. The fourth-order valence-corrected chi connectivity index (χ4v) is 6.06. The predicted molar refractivity (Wildman–Crippen MR) is 163 cm³/mol. The summed E-state index contributed by atoms with van der Waals surface area (Å²) in [5, 5.41) is 7.10. The zero-order chi connectivity index (χ0) is 28.4. The zero-order valence-corrected chi connectivity index (χ0v) is 24.4. The number of hydrogen-bond donors (Lipinski definition) is 2. The second-order valence-corrected chi connectivity index (χ2v) is 10.7. The van der Waals surface area contributed by atoms with Gasteiger partial charge >= 0.3 is 0 Å². The van der Waals surface area contributed by atoms with Crippen molar-refractivity contribution in [2.24, 2.45) is 0 Å². The average Bonchev–Trinajstić information content (AvgIpc) is 3.41. The van der Waals surface area contributed by atoms with Crippen molar-refractivity contribution in [2.45, 2.75) is 46.2 Å². The minimum Gasteiger partial charge on any atom is -0.495 e. The quantitative estimate of drug-likeness (QED) is 0.256. The molecule has 2 N–H and O–H groups in total. The van der Waals surface area contributed by atoms with Crippen LogP contribution in [0.2, 0.25) is 0 Å². The lowest BCUT2D eigenvalue weighted by Gasteiger charge is -2.28. The number of carbonyl (C=O) groups excluding carboxylic acids is 1. The molecule has 40 heavy (non-hydrogen) atoms. The molecule has 1 amide bonds. The minimum absolute atomic E-state index is 0.104. The molecule has 5 rings (SSSR count). The molecule has 1 saturated heterocycles. The van der Waals surface area contributed by atoms with Crippen LogP contribution in [0.4, 0.5) is 5.69 Å². The molecule has 0 radical (unpaired) electrons. The van der Waals surface area contributed by atoms with Crippen molar-refractivity contribution in [3.8, 4) is 11.4 Å². The van der Waals surface area contributed by atoms with Gasteiger partial charge in [0, 0.05) is 36.2 Å². The first-order valence-corrected chi connectivity index (χ1v) is 13.9. The Morgan fingerprint density at radius 2 is 1.75 bits per heavy atom. The third-order valence-electron chi connectivity index (χ3n) is 7.41. The third-order valence-corrected chi connectivity index (χ3v) is 7.76. The number of hydrogen-bond acceptors (Lipinski definition) is 4. The molecule has 206 valence electrons. The van der Waals surface area contributed by atoms with Crippen LogP contribution in [0, 0.1) is 27.7 Å². The maximum atomic E-state index is 13.0. The Kier molecular flexibility index (Phi) is 7.89. The van der Waals surface area contributed by atoms with E-state index in [-0.39, 0.29) is 24.4 Å². The summed E-state index contributed by atoms with van der Waals surface area (Å²) < 4.78 is 7.70. The van der Waals surface area contributed by atoms with Crippen molar-refractivity contribution in [3.05, 3.63) is 107 Å². The maximum absolute atomic E-state index is 13.0. The number of aromatic nitrogens is 2. The van der Waals surface area contributed by atoms with E-state index in [0.29, 0.717) is 23.1 Å². The number of para-hydroxylation sites is 2. The van der Waals surface area contributed by atoms with Crippen molar-refractivity contribution in [2.75, 3.05) is 19.0 Å². The van der Waals surface area contributed by atoms with E-state index in [1.165, 1.54) is 11.1 Å². The first-order chi connectivity index (χ1) is 19.3. The Morgan fingerprint density at radius 3 is 2.45 bits per heavy atom. The summed E-state index contributed by atoms with van der Waals surface area (Å²) in [6.45, 7) is 8.99. The van der Waals surface area contributed by atoms with E-state index in [2.05, 4.69) is 77.0 Å². The summed E-state index contributed by atoms with van der Waals surface area (Å²) in [6, 6.07) is 21.9. The van der Waals surface area contributed by atoms with Gasteiger partial charge in [0.25, 0.3) is 0 Å².